The topological polar surface area (TPSA) is 71.3 Å². The van der Waals surface area contributed by atoms with Gasteiger partial charge in [0.1, 0.15) is 0 Å². The van der Waals surface area contributed by atoms with E-state index in [4.69, 9.17) is 23.8 Å². The van der Waals surface area contributed by atoms with Crippen molar-refractivity contribution >= 4 is 46.0 Å². The fraction of sp³-hybridized carbons (Fsp3) is 0.0588. The van der Waals surface area contributed by atoms with Gasteiger partial charge in [0.25, 0.3) is 5.56 Å². The Morgan fingerprint density at radius 1 is 1.24 bits per heavy atom. The molecule has 3 rings (SSSR count). The van der Waals surface area contributed by atoms with E-state index < -0.39 is 0 Å². The van der Waals surface area contributed by atoms with E-state index >= 15 is 0 Å². The van der Waals surface area contributed by atoms with E-state index in [0.29, 0.717) is 32.5 Å². The number of hydrogen-bond donors (Lipinski definition) is 2. The molecule has 2 N–H and O–H groups in total. The van der Waals surface area contributed by atoms with Crippen LogP contribution in [0.2, 0.25) is 5.02 Å². The fourth-order valence-corrected chi connectivity index (χ4v) is 2.46. The predicted octanol–water partition coefficient (Wildman–Crippen LogP) is 2.47. The van der Waals surface area contributed by atoms with Crippen LogP contribution in [-0.4, -0.2) is 27.9 Å². The average molecular weight is 372 g/mol. The van der Waals surface area contributed by atoms with Gasteiger partial charge in [-0.25, -0.2) is 4.98 Å². The second-order valence-corrected chi connectivity index (χ2v) is 5.90. The van der Waals surface area contributed by atoms with E-state index in [1.165, 1.54) is 10.8 Å². The fourth-order valence-electron chi connectivity index (χ4n) is 2.28. The molecule has 6 nitrogen and oxygen atoms in total. The van der Waals surface area contributed by atoms with Gasteiger partial charge in [-0.05, 0) is 48.6 Å². The number of hydrazone groups is 1. The number of nitrogens with one attached hydrogen (secondary N) is 2. The van der Waals surface area contributed by atoms with Crippen LogP contribution in [-0.2, 0) is 0 Å². The lowest BCUT2D eigenvalue weighted by Crippen LogP contribution is -2.29. The lowest BCUT2D eigenvalue weighted by molar-refractivity contribution is 0.932. The summed E-state index contributed by atoms with van der Waals surface area (Å²) in [5, 5.41) is 8.25. The van der Waals surface area contributed by atoms with Crippen molar-refractivity contribution < 1.29 is 0 Å². The van der Waals surface area contributed by atoms with Gasteiger partial charge in [-0.15, -0.1) is 0 Å². The third kappa shape index (κ3) is 3.67. The smallest absolute Gasteiger partial charge is 0.266 e. The summed E-state index contributed by atoms with van der Waals surface area (Å²) < 4.78 is 1.48. The second-order valence-electron chi connectivity index (χ2n) is 5.05. The summed E-state index contributed by atoms with van der Waals surface area (Å²) in [5.74, 6) is 0.373. The van der Waals surface area contributed by atoms with Gasteiger partial charge < -0.3 is 5.32 Å². The zero-order valence-corrected chi connectivity index (χ0v) is 14.8. The molecule has 0 aliphatic rings. The lowest BCUT2D eigenvalue weighted by atomic mass is 10.2. The van der Waals surface area contributed by atoms with Crippen molar-refractivity contribution in [3.63, 3.8) is 0 Å². The van der Waals surface area contributed by atoms with Crippen LogP contribution in [0, 0.1) is 0 Å². The summed E-state index contributed by atoms with van der Waals surface area (Å²) in [6.07, 6.45) is 1.45. The molecule has 25 heavy (non-hydrogen) atoms. The largest absolute Gasteiger partial charge is 0.364 e. The van der Waals surface area contributed by atoms with Crippen LogP contribution in [0.1, 0.15) is 5.82 Å². The van der Waals surface area contributed by atoms with Crippen LogP contribution in [0.4, 0.5) is 0 Å². The second kappa shape index (κ2) is 7.42. The number of benzene rings is 2. The molecule has 0 saturated carbocycles. The van der Waals surface area contributed by atoms with Crippen molar-refractivity contribution in [2.24, 2.45) is 5.10 Å². The van der Waals surface area contributed by atoms with E-state index in [0.717, 1.165) is 0 Å². The Morgan fingerprint density at radius 3 is 2.68 bits per heavy atom. The van der Waals surface area contributed by atoms with Gasteiger partial charge in [0.05, 0.1) is 22.8 Å². The van der Waals surface area contributed by atoms with Gasteiger partial charge in [0.2, 0.25) is 0 Å². The molecule has 0 aliphatic carbocycles. The van der Waals surface area contributed by atoms with Crippen LogP contribution in [0.3, 0.4) is 0 Å². The summed E-state index contributed by atoms with van der Waals surface area (Å²) in [5.41, 5.74) is 3.70. The zero-order chi connectivity index (χ0) is 17.8. The number of thiocarbonyl (C=S) groups is 1. The Morgan fingerprint density at radius 2 is 1.96 bits per heavy atom. The van der Waals surface area contributed by atoms with Gasteiger partial charge in [-0.2, -0.15) is 5.10 Å². The van der Waals surface area contributed by atoms with Crippen molar-refractivity contribution in [1.82, 2.24) is 20.3 Å². The van der Waals surface area contributed by atoms with Crippen LogP contribution >= 0.6 is 23.8 Å². The number of hydrogen-bond acceptors (Lipinski definition) is 4. The monoisotopic (exact) mass is 371 g/mol. The molecular weight excluding hydrogens is 358 g/mol. The van der Waals surface area contributed by atoms with Crippen molar-refractivity contribution in [3.05, 3.63) is 69.7 Å². The van der Waals surface area contributed by atoms with E-state index in [9.17, 15) is 4.79 Å². The van der Waals surface area contributed by atoms with E-state index in [1.807, 2.05) is 6.07 Å². The molecule has 2 aromatic carbocycles. The third-order valence-corrected chi connectivity index (χ3v) is 4.01. The van der Waals surface area contributed by atoms with Gasteiger partial charge in [-0.3, -0.25) is 14.8 Å². The minimum absolute atomic E-state index is 0.189. The predicted molar refractivity (Wildman–Crippen MR) is 105 cm³/mol. The molecule has 0 saturated heterocycles. The Kier molecular flexibility index (Phi) is 5.06. The summed E-state index contributed by atoms with van der Waals surface area (Å²) in [7, 11) is 1.68. The maximum Gasteiger partial charge on any atom is 0.266 e. The molecule has 0 spiro atoms. The van der Waals surface area contributed by atoms with Crippen molar-refractivity contribution in [1.29, 1.82) is 0 Å². The van der Waals surface area contributed by atoms with Crippen LogP contribution in [0.15, 0.2) is 58.4 Å². The molecular formula is C17H14ClN5OS. The lowest BCUT2D eigenvalue weighted by Gasteiger charge is -2.11. The molecule has 0 fully saturated rings. The highest BCUT2D eigenvalue weighted by Crippen LogP contribution is 2.15. The minimum atomic E-state index is -0.189. The first-order chi connectivity index (χ1) is 12.1. The Balaban J connectivity index is 2.19. The first kappa shape index (κ1) is 17.1. The molecule has 0 atom stereocenters. The molecule has 0 radical (unpaired) electrons. The summed E-state index contributed by atoms with van der Waals surface area (Å²) >= 11 is 10.9. The normalized spacial score (nSPS) is 11.0. The number of halogens is 1. The number of aromatic nitrogens is 2. The quantitative estimate of drug-likeness (QED) is 0.420. The Labute approximate surface area is 154 Å². The highest BCUT2D eigenvalue weighted by atomic mass is 35.5. The zero-order valence-electron chi connectivity index (χ0n) is 13.2. The van der Waals surface area contributed by atoms with E-state index in [2.05, 4.69) is 20.8 Å². The highest BCUT2D eigenvalue weighted by molar-refractivity contribution is 7.80. The molecule has 1 heterocycles. The number of rotatable bonds is 3. The average Bonchev–Trinajstić information content (AvgIpc) is 2.63. The number of fused-ring (bicyclic) bond motifs is 1. The SMILES string of the molecule is CNC(=S)N/N=C\c1nc2ccccc2c(=O)n1-c1ccc(Cl)cc1. The Bertz CT molecular complexity index is 1010. The maximum atomic E-state index is 13.0. The highest BCUT2D eigenvalue weighted by Gasteiger charge is 2.11. The molecule has 8 heteroatoms. The molecule has 0 unspecified atom stereocenters. The molecule has 3 aromatic rings. The number of nitrogens with zero attached hydrogens (tertiary/aromatic N) is 3. The van der Waals surface area contributed by atoms with Crippen molar-refractivity contribution in [2.45, 2.75) is 0 Å². The minimum Gasteiger partial charge on any atom is -0.364 e. The molecule has 1 aromatic heterocycles. The van der Waals surface area contributed by atoms with Gasteiger partial charge >= 0.3 is 0 Å². The molecule has 0 amide bonds. The maximum absolute atomic E-state index is 13.0. The van der Waals surface area contributed by atoms with E-state index in [1.54, 1.807) is 49.5 Å². The third-order valence-electron chi connectivity index (χ3n) is 3.46. The Hall–Kier alpha value is -2.77. The van der Waals surface area contributed by atoms with Gasteiger partial charge in [0, 0.05) is 12.1 Å². The first-order valence-electron chi connectivity index (χ1n) is 7.38. The van der Waals surface area contributed by atoms with Crippen LogP contribution in [0.25, 0.3) is 16.6 Å². The molecule has 0 bridgehead atoms. The van der Waals surface area contributed by atoms with Crippen molar-refractivity contribution in [2.75, 3.05) is 7.05 Å². The van der Waals surface area contributed by atoms with Crippen molar-refractivity contribution in [3.8, 4) is 5.69 Å². The molecule has 126 valence electrons. The summed E-state index contributed by atoms with van der Waals surface area (Å²) in [4.78, 5) is 17.5. The van der Waals surface area contributed by atoms with Crippen LogP contribution < -0.4 is 16.3 Å². The number of para-hydroxylation sites is 1. The standard InChI is InChI=1S/C17H14ClN5OS/c1-19-17(25)22-20-10-15-21-14-5-3-2-4-13(14)16(24)23(15)12-8-6-11(18)7-9-12/h2-10H,1H3,(H2,19,22,25)/b20-10-. The van der Waals surface area contributed by atoms with Gasteiger partial charge in [-0.1, -0.05) is 23.7 Å². The summed E-state index contributed by atoms with van der Waals surface area (Å²) in [6, 6.07) is 14.1. The van der Waals surface area contributed by atoms with Gasteiger partial charge in [0.15, 0.2) is 10.9 Å². The first-order valence-corrected chi connectivity index (χ1v) is 8.17. The summed E-state index contributed by atoms with van der Waals surface area (Å²) in [6.45, 7) is 0. The van der Waals surface area contributed by atoms with Crippen LogP contribution in [0.5, 0.6) is 0 Å². The molecule has 0 aliphatic heterocycles. The van der Waals surface area contributed by atoms with E-state index in [-0.39, 0.29) is 5.56 Å².